The lowest BCUT2D eigenvalue weighted by atomic mass is 10.0. The molecule has 0 radical (unpaired) electrons. The van der Waals surface area contributed by atoms with Crippen molar-refractivity contribution in [3.8, 4) is 0 Å². The Hall–Kier alpha value is -0.990. The highest BCUT2D eigenvalue weighted by Gasteiger charge is 2.24. The van der Waals surface area contributed by atoms with Crippen LogP contribution in [0.2, 0.25) is 5.02 Å². The molecule has 110 valence electrons. The average Bonchev–Trinajstić information content (AvgIpc) is 2.92. The normalized spacial score (nSPS) is 17.2. The van der Waals surface area contributed by atoms with Gasteiger partial charge in [-0.1, -0.05) is 30.5 Å². The molecule has 20 heavy (non-hydrogen) atoms. The Kier molecular flexibility index (Phi) is 5.11. The molecule has 0 saturated heterocycles. The fraction of sp³-hybridized carbons (Fsp3) is 0.529. The number of aliphatic hydroxyl groups is 1. The number of hydrogen-bond acceptors (Lipinski definition) is 2. The number of rotatable bonds is 5. The summed E-state index contributed by atoms with van der Waals surface area (Å²) in [5.41, 5.74) is 3.18. The summed E-state index contributed by atoms with van der Waals surface area (Å²) < 4.78 is 0. The van der Waals surface area contributed by atoms with Gasteiger partial charge in [0.25, 0.3) is 0 Å². The van der Waals surface area contributed by atoms with Gasteiger partial charge in [0.2, 0.25) is 0 Å². The van der Waals surface area contributed by atoms with Crippen LogP contribution in [0.5, 0.6) is 0 Å². The second-order valence-electron chi connectivity index (χ2n) is 5.69. The van der Waals surface area contributed by atoms with E-state index < -0.39 is 6.10 Å². The van der Waals surface area contributed by atoms with Crippen LogP contribution in [-0.4, -0.2) is 17.7 Å². The molecule has 1 unspecified atom stereocenters. The SMILES string of the molecule is C=CCN(c1cc(Cl)cc(C(C)O)c1C)C1CCCC1. The predicted molar refractivity (Wildman–Crippen MR) is 86.6 cm³/mol. The first-order valence-electron chi connectivity index (χ1n) is 7.40. The molecule has 1 saturated carbocycles. The van der Waals surface area contributed by atoms with Crippen LogP contribution >= 0.6 is 11.6 Å². The summed E-state index contributed by atoms with van der Waals surface area (Å²) in [6, 6.07) is 4.45. The minimum Gasteiger partial charge on any atom is -0.389 e. The lowest BCUT2D eigenvalue weighted by molar-refractivity contribution is 0.198. The van der Waals surface area contributed by atoms with Crippen LogP contribution in [0.1, 0.15) is 49.8 Å². The van der Waals surface area contributed by atoms with E-state index in [0.29, 0.717) is 11.1 Å². The van der Waals surface area contributed by atoms with Crippen molar-refractivity contribution in [2.75, 3.05) is 11.4 Å². The third-order valence-electron chi connectivity index (χ3n) is 4.24. The van der Waals surface area contributed by atoms with Gasteiger partial charge >= 0.3 is 0 Å². The standard InChI is InChI=1S/C17H24ClNO/c1-4-9-19(15-7-5-6-8-15)17-11-14(18)10-16(12(17)2)13(3)20/h4,10-11,13,15,20H,1,5-9H2,2-3H3. The number of anilines is 1. The zero-order chi connectivity index (χ0) is 14.7. The highest BCUT2D eigenvalue weighted by molar-refractivity contribution is 6.31. The average molecular weight is 294 g/mol. The minimum atomic E-state index is -0.499. The predicted octanol–water partition coefficient (Wildman–Crippen LogP) is 4.64. The lowest BCUT2D eigenvalue weighted by Gasteiger charge is -2.32. The maximum atomic E-state index is 9.93. The van der Waals surface area contributed by atoms with Crippen molar-refractivity contribution in [2.24, 2.45) is 0 Å². The summed E-state index contributed by atoms with van der Waals surface area (Å²) in [5.74, 6) is 0. The summed E-state index contributed by atoms with van der Waals surface area (Å²) in [6.07, 6.45) is 6.48. The van der Waals surface area contributed by atoms with Gasteiger partial charge in [-0.05, 0) is 49.9 Å². The van der Waals surface area contributed by atoms with Gasteiger partial charge in [0.05, 0.1) is 6.10 Å². The maximum absolute atomic E-state index is 9.93. The molecule has 3 heteroatoms. The van der Waals surface area contributed by atoms with Crippen molar-refractivity contribution in [1.82, 2.24) is 0 Å². The first kappa shape index (κ1) is 15.4. The first-order chi connectivity index (χ1) is 9.54. The molecule has 0 aromatic heterocycles. The second kappa shape index (κ2) is 6.64. The van der Waals surface area contributed by atoms with E-state index in [9.17, 15) is 5.11 Å². The Labute approximate surface area is 127 Å². The summed E-state index contributed by atoms with van der Waals surface area (Å²) in [4.78, 5) is 2.40. The van der Waals surface area contributed by atoms with E-state index in [4.69, 9.17) is 11.6 Å². The molecule has 0 spiro atoms. The highest BCUT2D eigenvalue weighted by Crippen LogP contribution is 2.35. The smallest absolute Gasteiger partial charge is 0.0765 e. The van der Waals surface area contributed by atoms with Crippen LogP contribution < -0.4 is 4.90 Å². The number of aliphatic hydroxyl groups excluding tert-OH is 1. The van der Waals surface area contributed by atoms with Crippen LogP contribution in [0.25, 0.3) is 0 Å². The molecule has 1 aliphatic rings. The van der Waals surface area contributed by atoms with Crippen molar-refractivity contribution < 1.29 is 5.11 Å². The van der Waals surface area contributed by atoms with Gasteiger partial charge in [-0.25, -0.2) is 0 Å². The van der Waals surface area contributed by atoms with E-state index in [1.807, 2.05) is 18.2 Å². The molecule has 0 bridgehead atoms. The number of hydrogen-bond donors (Lipinski definition) is 1. The van der Waals surface area contributed by atoms with Gasteiger partial charge in [-0.15, -0.1) is 6.58 Å². The van der Waals surface area contributed by atoms with Crippen LogP contribution in [0.15, 0.2) is 24.8 Å². The Bertz CT molecular complexity index is 478. The first-order valence-corrected chi connectivity index (χ1v) is 7.78. The van der Waals surface area contributed by atoms with Crippen molar-refractivity contribution >= 4 is 17.3 Å². The van der Waals surface area contributed by atoms with E-state index in [-0.39, 0.29) is 0 Å². The quantitative estimate of drug-likeness (QED) is 0.800. The number of nitrogens with zero attached hydrogens (tertiary/aromatic N) is 1. The third kappa shape index (κ3) is 3.18. The van der Waals surface area contributed by atoms with Crippen molar-refractivity contribution in [3.05, 3.63) is 40.9 Å². The Balaban J connectivity index is 2.43. The Morgan fingerprint density at radius 3 is 2.65 bits per heavy atom. The Morgan fingerprint density at radius 1 is 1.45 bits per heavy atom. The molecule has 0 amide bonds. The molecule has 0 aliphatic heterocycles. The van der Waals surface area contributed by atoms with Crippen LogP contribution in [0.4, 0.5) is 5.69 Å². The van der Waals surface area contributed by atoms with E-state index in [1.165, 1.54) is 25.7 Å². The summed E-state index contributed by atoms with van der Waals surface area (Å²) >= 11 is 6.25. The zero-order valence-electron chi connectivity index (χ0n) is 12.4. The highest BCUT2D eigenvalue weighted by atomic mass is 35.5. The summed E-state index contributed by atoms with van der Waals surface area (Å²) in [5, 5.41) is 10.6. The molecule has 1 aromatic carbocycles. The fourth-order valence-electron chi connectivity index (χ4n) is 3.22. The molecular formula is C17H24ClNO. The number of benzene rings is 1. The number of halogens is 1. The van der Waals surface area contributed by atoms with Crippen LogP contribution in [0.3, 0.4) is 0 Å². The van der Waals surface area contributed by atoms with Crippen LogP contribution in [0, 0.1) is 6.92 Å². The van der Waals surface area contributed by atoms with Gasteiger partial charge in [-0.3, -0.25) is 0 Å². The minimum absolute atomic E-state index is 0.499. The molecule has 1 N–H and O–H groups in total. The maximum Gasteiger partial charge on any atom is 0.0765 e. The van der Waals surface area contributed by atoms with Crippen LogP contribution in [-0.2, 0) is 0 Å². The molecule has 1 aliphatic carbocycles. The van der Waals surface area contributed by atoms with Crippen molar-refractivity contribution in [1.29, 1.82) is 0 Å². The van der Waals surface area contributed by atoms with Gasteiger partial charge in [0.15, 0.2) is 0 Å². The largest absolute Gasteiger partial charge is 0.389 e. The molecule has 2 rings (SSSR count). The van der Waals surface area contributed by atoms with E-state index in [2.05, 4.69) is 18.4 Å². The summed E-state index contributed by atoms with van der Waals surface area (Å²) in [7, 11) is 0. The van der Waals surface area contributed by atoms with Gasteiger partial charge in [-0.2, -0.15) is 0 Å². The topological polar surface area (TPSA) is 23.5 Å². The molecule has 0 heterocycles. The lowest BCUT2D eigenvalue weighted by Crippen LogP contribution is -2.34. The zero-order valence-corrected chi connectivity index (χ0v) is 13.2. The summed E-state index contributed by atoms with van der Waals surface area (Å²) in [6.45, 7) is 8.56. The molecule has 1 aromatic rings. The monoisotopic (exact) mass is 293 g/mol. The second-order valence-corrected chi connectivity index (χ2v) is 6.13. The Morgan fingerprint density at radius 2 is 2.10 bits per heavy atom. The van der Waals surface area contributed by atoms with E-state index in [0.717, 1.165) is 23.4 Å². The van der Waals surface area contributed by atoms with Crippen molar-refractivity contribution in [3.63, 3.8) is 0 Å². The molecule has 2 nitrogen and oxygen atoms in total. The van der Waals surface area contributed by atoms with E-state index in [1.54, 1.807) is 6.92 Å². The molecular weight excluding hydrogens is 270 g/mol. The molecule has 1 atom stereocenters. The molecule has 1 fully saturated rings. The van der Waals surface area contributed by atoms with Crippen molar-refractivity contribution in [2.45, 2.75) is 51.7 Å². The van der Waals surface area contributed by atoms with Gasteiger partial charge < -0.3 is 10.0 Å². The third-order valence-corrected chi connectivity index (χ3v) is 4.45. The van der Waals surface area contributed by atoms with Gasteiger partial charge in [0.1, 0.15) is 0 Å². The van der Waals surface area contributed by atoms with Gasteiger partial charge in [0, 0.05) is 23.3 Å². The van der Waals surface area contributed by atoms with E-state index >= 15 is 0 Å². The fourth-order valence-corrected chi connectivity index (χ4v) is 3.44.